The Hall–Kier alpha value is -0.570. The molecule has 0 aromatic heterocycles. The molecular weight excluding hydrogens is 154 g/mol. The highest BCUT2D eigenvalue weighted by Crippen LogP contribution is 2.28. The van der Waals surface area contributed by atoms with Crippen LogP contribution in [0.1, 0.15) is 32.6 Å². The van der Waals surface area contributed by atoms with Crippen molar-refractivity contribution in [2.24, 2.45) is 11.7 Å². The second kappa shape index (κ2) is 4.45. The van der Waals surface area contributed by atoms with E-state index in [2.05, 4.69) is 0 Å². The molecule has 2 unspecified atom stereocenters. The summed E-state index contributed by atoms with van der Waals surface area (Å²) in [5.41, 5.74) is 5.73. The summed E-state index contributed by atoms with van der Waals surface area (Å²) in [6.07, 6.45) is 3.74. The van der Waals surface area contributed by atoms with Crippen molar-refractivity contribution in [2.75, 3.05) is 6.61 Å². The van der Waals surface area contributed by atoms with Crippen LogP contribution in [0.5, 0.6) is 0 Å². The van der Waals surface area contributed by atoms with Crippen LogP contribution in [0.15, 0.2) is 0 Å². The van der Waals surface area contributed by atoms with Crippen LogP contribution < -0.4 is 5.73 Å². The predicted molar refractivity (Wildman–Crippen MR) is 46.6 cm³/mol. The molecule has 2 N–H and O–H groups in total. The summed E-state index contributed by atoms with van der Waals surface area (Å²) in [5, 5.41) is 0. The van der Waals surface area contributed by atoms with Crippen LogP contribution in [0.25, 0.3) is 0 Å². The molecule has 2 atom stereocenters. The van der Waals surface area contributed by atoms with Crippen molar-refractivity contribution in [1.29, 1.82) is 0 Å². The Balaban J connectivity index is 1.99. The van der Waals surface area contributed by atoms with Gasteiger partial charge in [0.15, 0.2) is 0 Å². The van der Waals surface area contributed by atoms with Crippen molar-refractivity contribution in [3.63, 3.8) is 0 Å². The summed E-state index contributed by atoms with van der Waals surface area (Å²) in [5.74, 6) is 0.484. The molecule has 0 aromatic carbocycles. The van der Waals surface area contributed by atoms with E-state index in [0.717, 1.165) is 12.8 Å². The van der Waals surface area contributed by atoms with E-state index in [-0.39, 0.29) is 5.97 Å². The summed E-state index contributed by atoms with van der Waals surface area (Å²) in [6.45, 7) is 2.35. The maximum absolute atomic E-state index is 10.7. The molecule has 0 aliphatic heterocycles. The molecule has 1 saturated carbocycles. The largest absolute Gasteiger partial charge is 0.466 e. The maximum Gasteiger partial charge on any atom is 0.305 e. The zero-order chi connectivity index (χ0) is 8.97. The van der Waals surface area contributed by atoms with Crippen LogP contribution in [-0.2, 0) is 9.53 Å². The van der Waals surface area contributed by atoms with Crippen molar-refractivity contribution in [3.8, 4) is 0 Å². The van der Waals surface area contributed by atoms with E-state index < -0.39 is 0 Å². The molecule has 0 spiro atoms. The lowest BCUT2D eigenvalue weighted by Gasteiger charge is -2.33. The third kappa shape index (κ3) is 2.48. The lowest BCUT2D eigenvalue weighted by atomic mass is 9.78. The Morgan fingerprint density at radius 1 is 1.58 bits per heavy atom. The van der Waals surface area contributed by atoms with E-state index in [4.69, 9.17) is 10.5 Å². The normalized spacial score (nSPS) is 27.8. The Kier molecular flexibility index (Phi) is 3.53. The monoisotopic (exact) mass is 171 g/mol. The zero-order valence-corrected chi connectivity index (χ0v) is 7.58. The molecule has 0 aromatic rings. The first-order chi connectivity index (χ1) is 5.74. The van der Waals surface area contributed by atoms with Gasteiger partial charge in [0, 0.05) is 12.5 Å². The molecule has 0 saturated heterocycles. The molecule has 0 heterocycles. The Morgan fingerprint density at radius 3 is 2.75 bits per heavy atom. The van der Waals surface area contributed by atoms with Crippen LogP contribution in [0, 0.1) is 5.92 Å². The molecule has 0 radical (unpaired) electrons. The molecule has 1 fully saturated rings. The summed E-state index contributed by atoms with van der Waals surface area (Å²) in [4.78, 5) is 10.7. The molecule has 1 rings (SSSR count). The lowest BCUT2D eigenvalue weighted by molar-refractivity contribution is -0.143. The maximum atomic E-state index is 10.7. The van der Waals surface area contributed by atoms with Gasteiger partial charge in [0.25, 0.3) is 0 Å². The molecule has 1 aliphatic rings. The smallest absolute Gasteiger partial charge is 0.305 e. The van der Waals surface area contributed by atoms with Crippen LogP contribution in [0.3, 0.4) is 0 Å². The van der Waals surface area contributed by atoms with Gasteiger partial charge in [-0.1, -0.05) is 6.92 Å². The number of ether oxygens (including phenoxy) is 1. The van der Waals surface area contributed by atoms with Gasteiger partial charge in [-0.25, -0.2) is 0 Å². The number of carbonyl (C=O) groups excluding carboxylic acids is 1. The summed E-state index contributed by atoms with van der Waals surface area (Å²) in [6, 6.07) is 0.352. The van der Waals surface area contributed by atoms with E-state index in [1.165, 1.54) is 6.42 Å². The minimum atomic E-state index is -0.108. The van der Waals surface area contributed by atoms with Crippen LogP contribution in [0.2, 0.25) is 0 Å². The third-order valence-electron chi connectivity index (χ3n) is 2.52. The number of esters is 1. The number of rotatable bonds is 4. The molecule has 3 heteroatoms. The number of nitrogens with two attached hydrogens (primary N) is 1. The van der Waals surface area contributed by atoms with Crippen molar-refractivity contribution < 1.29 is 9.53 Å². The summed E-state index contributed by atoms with van der Waals surface area (Å²) < 4.78 is 4.95. The van der Waals surface area contributed by atoms with E-state index in [0.29, 0.717) is 25.0 Å². The van der Waals surface area contributed by atoms with Crippen molar-refractivity contribution in [3.05, 3.63) is 0 Å². The summed E-state index contributed by atoms with van der Waals surface area (Å²) in [7, 11) is 0. The fraction of sp³-hybridized carbons (Fsp3) is 0.889. The van der Waals surface area contributed by atoms with Gasteiger partial charge in [0.05, 0.1) is 6.61 Å². The standard InChI is InChI=1S/C9H17NO2/c1-2-9(11)12-6-5-7-3-4-8(7)10/h7-8H,2-6,10H2,1H3. The van der Waals surface area contributed by atoms with Gasteiger partial charge in [0.1, 0.15) is 0 Å². The fourth-order valence-electron chi connectivity index (χ4n) is 1.38. The van der Waals surface area contributed by atoms with Crippen molar-refractivity contribution in [2.45, 2.75) is 38.6 Å². The van der Waals surface area contributed by atoms with E-state index in [1.807, 2.05) is 0 Å². The van der Waals surface area contributed by atoms with E-state index in [9.17, 15) is 4.79 Å². The molecule has 0 bridgehead atoms. The second-order valence-electron chi connectivity index (χ2n) is 3.36. The van der Waals surface area contributed by atoms with Gasteiger partial charge in [0.2, 0.25) is 0 Å². The third-order valence-corrected chi connectivity index (χ3v) is 2.52. The van der Waals surface area contributed by atoms with Crippen molar-refractivity contribution >= 4 is 5.97 Å². The topological polar surface area (TPSA) is 52.3 Å². The zero-order valence-electron chi connectivity index (χ0n) is 7.58. The predicted octanol–water partition coefficient (Wildman–Crippen LogP) is 1.07. The molecule has 3 nitrogen and oxygen atoms in total. The van der Waals surface area contributed by atoms with Gasteiger partial charge in [-0.15, -0.1) is 0 Å². The second-order valence-corrected chi connectivity index (χ2v) is 3.36. The SMILES string of the molecule is CCC(=O)OCCC1CCC1N. The fourth-order valence-corrected chi connectivity index (χ4v) is 1.38. The van der Waals surface area contributed by atoms with Crippen LogP contribution in [0.4, 0.5) is 0 Å². The van der Waals surface area contributed by atoms with Gasteiger partial charge in [-0.2, -0.15) is 0 Å². The van der Waals surface area contributed by atoms with E-state index in [1.54, 1.807) is 6.92 Å². The number of hydrogen-bond acceptors (Lipinski definition) is 3. The van der Waals surface area contributed by atoms with E-state index >= 15 is 0 Å². The molecule has 70 valence electrons. The van der Waals surface area contributed by atoms with Crippen molar-refractivity contribution in [1.82, 2.24) is 0 Å². The minimum absolute atomic E-state index is 0.108. The quantitative estimate of drug-likeness (QED) is 0.644. The highest BCUT2D eigenvalue weighted by Gasteiger charge is 2.26. The summed E-state index contributed by atoms with van der Waals surface area (Å²) >= 11 is 0. The first-order valence-electron chi connectivity index (χ1n) is 4.65. The molecule has 0 amide bonds. The number of carbonyl (C=O) groups is 1. The van der Waals surface area contributed by atoms with Gasteiger partial charge in [-0.3, -0.25) is 4.79 Å². The molecular formula is C9H17NO2. The average molecular weight is 171 g/mol. The molecule has 1 aliphatic carbocycles. The number of hydrogen-bond donors (Lipinski definition) is 1. The Morgan fingerprint density at radius 2 is 2.33 bits per heavy atom. The van der Waals surface area contributed by atoms with Gasteiger partial charge >= 0.3 is 5.97 Å². The Labute approximate surface area is 73.3 Å². The van der Waals surface area contributed by atoms with Crippen LogP contribution in [-0.4, -0.2) is 18.6 Å². The lowest BCUT2D eigenvalue weighted by Crippen LogP contribution is -2.39. The Bertz CT molecular complexity index is 159. The van der Waals surface area contributed by atoms with Crippen LogP contribution >= 0.6 is 0 Å². The highest BCUT2D eigenvalue weighted by atomic mass is 16.5. The molecule has 12 heavy (non-hydrogen) atoms. The van der Waals surface area contributed by atoms with Gasteiger partial charge in [-0.05, 0) is 25.2 Å². The highest BCUT2D eigenvalue weighted by molar-refractivity contribution is 5.68. The minimum Gasteiger partial charge on any atom is -0.466 e. The first-order valence-corrected chi connectivity index (χ1v) is 4.65. The first kappa shape index (κ1) is 9.52. The van der Waals surface area contributed by atoms with Gasteiger partial charge < -0.3 is 10.5 Å². The average Bonchev–Trinajstić information content (AvgIpc) is 2.09.